The van der Waals surface area contributed by atoms with Crippen LogP contribution in [0, 0.1) is 0 Å². The number of furan rings is 1. The Morgan fingerprint density at radius 3 is 2.95 bits per heavy atom. The highest BCUT2D eigenvalue weighted by Gasteiger charge is 2.02. The minimum absolute atomic E-state index is 0.0862. The van der Waals surface area contributed by atoms with Gasteiger partial charge in [-0.05, 0) is 43.0 Å². The Hall–Kier alpha value is -2.14. The molecule has 1 N–H and O–H groups in total. The quantitative estimate of drug-likeness (QED) is 0.569. The van der Waals surface area contributed by atoms with E-state index in [0.29, 0.717) is 13.0 Å². The number of carbonyl (C=O) groups excluding carboxylic acids is 1. The smallest absolute Gasteiger partial charge is 0.243 e. The van der Waals surface area contributed by atoms with Gasteiger partial charge in [0.05, 0.1) is 12.9 Å². The predicted octanol–water partition coefficient (Wildman–Crippen LogP) is 2.68. The van der Waals surface area contributed by atoms with Crippen LogP contribution in [-0.2, 0) is 22.5 Å². The van der Waals surface area contributed by atoms with Crippen molar-refractivity contribution >= 4 is 5.91 Å². The van der Waals surface area contributed by atoms with Crippen LogP contribution >= 0.6 is 0 Å². The molecule has 0 spiro atoms. The van der Waals surface area contributed by atoms with E-state index in [1.54, 1.807) is 12.5 Å². The molecule has 0 fully saturated rings. The number of aryl methyl sites for hydroxylation is 2. The van der Waals surface area contributed by atoms with Gasteiger partial charge in [-0.1, -0.05) is 6.07 Å². The number of carbonyl (C=O) groups is 1. The number of nitrogens with one attached hydrogen (secondary N) is 1. The first-order valence-electron chi connectivity index (χ1n) is 7.16. The van der Waals surface area contributed by atoms with Crippen molar-refractivity contribution in [3.8, 4) is 0 Å². The Morgan fingerprint density at radius 1 is 1.24 bits per heavy atom. The largest absolute Gasteiger partial charge is 0.469 e. The lowest BCUT2D eigenvalue weighted by atomic mass is 10.1. The molecule has 112 valence electrons. The Kier molecular flexibility index (Phi) is 6.48. The van der Waals surface area contributed by atoms with Crippen molar-refractivity contribution in [2.75, 3.05) is 6.61 Å². The number of hydrogen-bond donors (Lipinski definition) is 1. The Morgan fingerprint density at radius 2 is 2.19 bits per heavy atom. The van der Waals surface area contributed by atoms with E-state index in [1.807, 2.05) is 30.5 Å². The Bertz CT molecular complexity index is 512. The summed E-state index contributed by atoms with van der Waals surface area (Å²) in [6.45, 7) is 0.481. The molecule has 2 aromatic rings. The molecule has 0 radical (unpaired) electrons. The topological polar surface area (TPSA) is 64.4 Å². The van der Waals surface area contributed by atoms with Crippen LogP contribution < -0.4 is 5.48 Å². The molecule has 0 saturated carbocycles. The van der Waals surface area contributed by atoms with Crippen molar-refractivity contribution in [1.82, 2.24) is 10.5 Å². The number of nitrogens with zero attached hydrogens (tertiary/aromatic N) is 1. The van der Waals surface area contributed by atoms with Crippen LogP contribution in [0.5, 0.6) is 0 Å². The summed E-state index contributed by atoms with van der Waals surface area (Å²) in [5.74, 6) is 0.846. The van der Waals surface area contributed by atoms with E-state index in [4.69, 9.17) is 9.25 Å². The second-order valence-corrected chi connectivity index (χ2v) is 4.77. The van der Waals surface area contributed by atoms with Crippen molar-refractivity contribution in [3.05, 3.63) is 54.2 Å². The zero-order valence-electron chi connectivity index (χ0n) is 12.0. The Balaban J connectivity index is 1.48. The first kappa shape index (κ1) is 15.3. The molecule has 2 rings (SSSR count). The van der Waals surface area contributed by atoms with Crippen LogP contribution in [0.2, 0.25) is 0 Å². The number of rotatable bonds is 9. The first-order valence-corrected chi connectivity index (χ1v) is 7.16. The van der Waals surface area contributed by atoms with E-state index in [0.717, 1.165) is 37.0 Å². The number of hydroxylamine groups is 1. The molecule has 21 heavy (non-hydrogen) atoms. The summed E-state index contributed by atoms with van der Waals surface area (Å²) >= 11 is 0. The molecule has 0 saturated heterocycles. The van der Waals surface area contributed by atoms with E-state index in [2.05, 4.69) is 10.5 Å². The van der Waals surface area contributed by atoms with Gasteiger partial charge in [-0.2, -0.15) is 0 Å². The highest BCUT2D eigenvalue weighted by molar-refractivity contribution is 5.74. The van der Waals surface area contributed by atoms with Gasteiger partial charge in [0.25, 0.3) is 0 Å². The van der Waals surface area contributed by atoms with E-state index >= 15 is 0 Å². The van der Waals surface area contributed by atoms with Gasteiger partial charge in [0.1, 0.15) is 5.76 Å². The summed E-state index contributed by atoms with van der Waals surface area (Å²) in [5, 5.41) is 0. The number of pyridine rings is 1. The summed E-state index contributed by atoms with van der Waals surface area (Å²) in [4.78, 5) is 20.7. The van der Waals surface area contributed by atoms with Gasteiger partial charge in [0, 0.05) is 25.2 Å². The molecular formula is C16H20N2O3. The maximum atomic E-state index is 11.6. The maximum Gasteiger partial charge on any atom is 0.243 e. The normalized spacial score (nSPS) is 10.5. The zero-order valence-corrected chi connectivity index (χ0v) is 12.0. The van der Waals surface area contributed by atoms with Gasteiger partial charge in [-0.25, -0.2) is 5.48 Å². The molecule has 0 aliphatic heterocycles. The van der Waals surface area contributed by atoms with Crippen molar-refractivity contribution in [3.63, 3.8) is 0 Å². The fourth-order valence-electron chi connectivity index (χ4n) is 1.96. The molecule has 1 amide bonds. The van der Waals surface area contributed by atoms with Crippen LogP contribution in [0.4, 0.5) is 0 Å². The van der Waals surface area contributed by atoms with Crippen LogP contribution in [0.1, 0.15) is 30.6 Å². The van der Waals surface area contributed by atoms with Gasteiger partial charge in [-0.3, -0.25) is 14.6 Å². The van der Waals surface area contributed by atoms with Gasteiger partial charge in [0.2, 0.25) is 5.91 Å². The van der Waals surface area contributed by atoms with Crippen molar-refractivity contribution < 1.29 is 14.0 Å². The SMILES string of the molecule is O=C(CCCc1cccnc1)NOCCCc1ccco1. The molecule has 0 bridgehead atoms. The lowest BCUT2D eigenvalue weighted by Crippen LogP contribution is -2.24. The molecular weight excluding hydrogens is 268 g/mol. The maximum absolute atomic E-state index is 11.6. The predicted molar refractivity (Wildman–Crippen MR) is 78.3 cm³/mol. The summed E-state index contributed by atoms with van der Waals surface area (Å²) in [6.07, 6.45) is 8.92. The third kappa shape index (κ3) is 6.23. The average molecular weight is 288 g/mol. The van der Waals surface area contributed by atoms with Crippen LogP contribution in [0.25, 0.3) is 0 Å². The summed E-state index contributed by atoms with van der Waals surface area (Å²) in [6, 6.07) is 7.70. The summed E-state index contributed by atoms with van der Waals surface area (Å²) < 4.78 is 5.21. The fourth-order valence-corrected chi connectivity index (χ4v) is 1.96. The number of aromatic nitrogens is 1. The van der Waals surface area contributed by atoms with E-state index in [9.17, 15) is 4.79 Å². The fraction of sp³-hybridized carbons (Fsp3) is 0.375. The van der Waals surface area contributed by atoms with Crippen LogP contribution in [0.15, 0.2) is 47.3 Å². The minimum atomic E-state index is -0.0862. The molecule has 0 aliphatic rings. The highest BCUT2D eigenvalue weighted by Crippen LogP contribution is 2.04. The number of hydrogen-bond acceptors (Lipinski definition) is 4. The third-order valence-corrected chi connectivity index (χ3v) is 3.03. The third-order valence-electron chi connectivity index (χ3n) is 3.03. The molecule has 5 nitrogen and oxygen atoms in total. The summed E-state index contributed by atoms with van der Waals surface area (Å²) in [7, 11) is 0. The average Bonchev–Trinajstić information content (AvgIpc) is 3.01. The molecule has 0 atom stereocenters. The lowest BCUT2D eigenvalue weighted by Gasteiger charge is -2.05. The molecule has 2 heterocycles. The van der Waals surface area contributed by atoms with Gasteiger partial charge < -0.3 is 4.42 Å². The van der Waals surface area contributed by atoms with E-state index < -0.39 is 0 Å². The highest BCUT2D eigenvalue weighted by atomic mass is 16.6. The molecule has 0 aromatic carbocycles. The first-order chi connectivity index (χ1) is 10.3. The zero-order chi connectivity index (χ0) is 14.8. The number of amides is 1. The van der Waals surface area contributed by atoms with Gasteiger partial charge in [0.15, 0.2) is 0 Å². The van der Waals surface area contributed by atoms with E-state index in [1.165, 1.54) is 0 Å². The molecule has 5 heteroatoms. The van der Waals surface area contributed by atoms with E-state index in [-0.39, 0.29) is 5.91 Å². The molecule has 0 unspecified atom stereocenters. The standard InChI is InChI=1S/C16H20N2O3/c19-16(9-1-5-14-6-2-10-17-13-14)18-21-12-4-8-15-7-3-11-20-15/h2-3,6-7,10-11,13H,1,4-5,8-9,12H2,(H,18,19). The van der Waals surface area contributed by atoms with Crippen molar-refractivity contribution in [1.29, 1.82) is 0 Å². The monoisotopic (exact) mass is 288 g/mol. The lowest BCUT2D eigenvalue weighted by molar-refractivity contribution is -0.133. The van der Waals surface area contributed by atoms with Crippen molar-refractivity contribution in [2.24, 2.45) is 0 Å². The van der Waals surface area contributed by atoms with Gasteiger partial charge >= 0.3 is 0 Å². The molecule has 0 aliphatic carbocycles. The van der Waals surface area contributed by atoms with Gasteiger partial charge in [-0.15, -0.1) is 0 Å². The second-order valence-electron chi connectivity index (χ2n) is 4.77. The minimum Gasteiger partial charge on any atom is -0.469 e. The van der Waals surface area contributed by atoms with Crippen LogP contribution in [0.3, 0.4) is 0 Å². The molecule has 2 aromatic heterocycles. The van der Waals surface area contributed by atoms with Crippen molar-refractivity contribution in [2.45, 2.75) is 32.1 Å². The second kappa shape index (κ2) is 8.92. The van der Waals surface area contributed by atoms with Crippen LogP contribution in [-0.4, -0.2) is 17.5 Å². The summed E-state index contributed by atoms with van der Waals surface area (Å²) in [5.41, 5.74) is 3.61. The Labute approximate surface area is 124 Å².